The zero-order valence-electron chi connectivity index (χ0n) is 17.3. The van der Waals surface area contributed by atoms with E-state index in [1.165, 1.54) is 22.8 Å². The average molecular weight is 513 g/mol. The second-order valence-corrected chi connectivity index (χ2v) is 10.1. The van der Waals surface area contributed by atoms with E-state index in [9.17, 15) is 9.59 Å². The minimum atomic E-state index is -0.534. The van der Waals surface area contributed by atoms with Crippen molar-refractivity contribution >= 4 is 50.2 Å². The summed E-state index contributed by atoms with van der Waals surface area (Å²) in [6.45, 7) is 2.25. The molecule has 0 bridgehead atoms. The lowest BCUT2D eigenvalue weighted by Gasteiger charge is -2.28. The van der Waals surface area contributed by atoms with E-state index in [4.69, 9.17) is 9.15 Å². The van der Waals surface area contributed by atoms with Gasteiger partial charge in [0, 0.05) is 21.0 Å². The number of hydrogen-bond acceptors (Lipinski definition) is 6. The molecule has 0 unspecified atom stereocenters. The lowest BCUT2D eigenvalue weighted by Crippen LogP contribution is -2.38. The summed E-state index contributed by atoms with van der Waals surface area (Å²) < 4.78 is 11.6. The molecule has 2 N–H and O–H groups in total. The molecule has 5 rings (SSSR count). The first kappa shape index (κ1) is 21.0. The van der Waals surface area contributed by atoms with Gasteiger partial charge in [0.1, 0.15) is 22.7 Å². The van der Waals surface area contributed by atoms with Crippen molar-refractivity contribution in [2.45, 2.75) is 32.4 Å². The standard InChI is InChI=1S/C24H21BrN2O4S/c1-13-4-7-16-19(11-13)32-24-21(16)23(29)26-22(27-24)17-12-14(25)5-8-18(17)31-20(28)9-6-15-3-2-10-30-15/h2-3,5-6,8-10,12-13,22,27H,4,7,11H2,1H3,(H,26,29)/b9-6+/t13-,22+/m1/s1. The van der Waals surface area contributed by atoms with Crippen LogP contribution in [0, 0.1) is 5.92 Å². The van der Waals surface area contributed by atoms with E-state index >= 15 is 0 Å². The Bertz CT molecular complexity index is 1220. The Morgan fingerprint density at radius 3 is 3.00 bits per heavy atom. The highest BCUT2D eigenvalue weighted by atomic mass is 79.9. The van der Waals surface area contributed by atoms with Gasteiger partial charge >= 0.3 is 5.97 Å². The molecule has 0 saturated heterocycles. The van der Waals surface area contributed by atoms with Crippen molar-refractivity contribution in [3.8, 4) is 5.75 Å². The van der Waals surface area contributed by atoms with Crippen LogP contribution >= 0.6 is 27.3 Å². The molecule has 1 aromatic carbocycles. The molecule has 0 radical (unpaired) electrons. The van der Waals surface area contributed by atoms with Crippen LogP contribution in [-0.2, 0) is 17.6 Å². The lowest BCUT2D eigenvalue weighted by molar-refractivity contribution is -0.128. The number of fused-ring (bicyclic) bond motifs is 3. The third-order valence-corrected chi connectivity index (χ3v) is 7.39. The fourth-order valence-electron chi connectivity index (χ4n) is 4.14. The molecule has 0 saturated carbocycles. The van der Waals surface area contributed by atoms with Crippen LogP contribution in [0.1, 0.15) is 51.6 Å². The molecule has 2 atom stereocenters. The van der Waals surface area contributed by atoms with Crippen LogP contribution in [0.5, 0.6) is 5.75 Å². The number of furan rings is 1. The number of halogens is 1. The second kappa shape index (κ2) is 8.60. The summed E-state index contributed by atoms with van der Waals surface area (Å²) in [6, 6.07) is 8.84. The fraction of sp³-hybridized carbons (Fsp3) is 0.250. The minimum absolute atomic E-state index is 0.0919. The molecule has 8 heteroatoms. The summed E-state index contributed by atoms with van der Waals surface area (Å²) in [6.07, 6.45) is 6.92. The lowest BCUT2D eigenvalue weighted by atomic mass is 9.88. The Labute approximate surface area is 197 Å². The average Bonchev–Trinajstić information content (AvgIpc) is 3.40. The molecule has 1 amide bonds. The fourth-order valence-corrected chi connectivity index (χ4v) is 5.95. The van der Waals surface area contributed by atoms with Crippen molar-refractivity contribution in [2.75, 3.05) is 5.32 Å². The predicted molar refractivity (Wildman–Crippen MR) is 127 cm³/mol. The van der Waals surface area contributed by atoms with Gasteiger partial charge < -0.3 is 19.8 Å². The maximum absolute atomic E-state index is 13.1. The van der Waals surface area contributed by atoms with Gasteiger partial charge in [0.15, 0.2) is 0 Å². The molecule has 0 spiro atoms. The maximum Gasteiger partial charge on any atom is 0.336 e. The number of ether oxygens (including phenoxy) is 1. The van der Waals surface area contributed by atoms with Crippen LogP contribution in [0.3, 0.4) is 0 Å². The highest BCUT2D eigenvalue weighted by Gasteiger charge is 2.34. The van der Waals surface area contributed by atoms with Gasteiger partial charge in [-0.3, -0.25) is 4.79 Å². The summed E-state index contributed by atoms with van der Waals surface area (Å²) in [4.78, 5) is 26.7. The summed E-state index contributed by atoms with van der Waals surface area (Å²) in [5.41, 5.74) is 2.61. The van der Waals surface area contributed by atoms with E-state index in [0.29, 0.717) is 23.0 Å². The highest BCUT2D eigenvalue weighted by Crippen LogP contribution is 2.43. The summed E-state index contributed by atoms with van der Waals surface area (Å²) in [5, 5.41) is 7.38. The summed E-state index contributed by atoms with van der Waals surface area (Å²) in [7, 11) is 0. The highest BCUT2D eigenvalue weighted by molar-refractivity contribution is 9.10. The van der Waals surface area contributed by atoms with Gasteiger partial charge in [-0.1, -0.05) is 22.9 Å². The topological polar surface area (TPSA) is 80.6 Å². The van der Waals surface area contributed by atoms with Gasteiger partial charge in [-0.2, -0.15) is 0 Å². The van der Waals surface area contributed by atoms with Crippen molar-refractivity contribution < 1.29 is 18.7 Å². The third-order valence-electron chi connectivity index (χ3n) is 5.71. The van der Waals surface area contributed by atoms with E-state index in [0.717, 1.165) is 34.3 Å². The number of thiophene rings is 1. The first-order chi connectivity index (χ1) is 15.5. The van der Waals surface area contributed by atoms with Crippen LogP contribution in [0.15, 0.2) is 51.6 Å². The van der Waals surface area contributed by atoms with E-state index in [2.05, 4.69) is 33.5 Å². The van der Waals surface area contributed by atoms with Gasteiger partial charge in [-0.05, 0) is 67.2 Å². The van der Waals surface area contributed by atoms with E-state index < -0.39 is 12.1 Å². The first-order valence-corrected chi connectivity index (χ1v) is 12.0. The molecular weight excluding hydrogens is 492 g/mol. The van der Waals surface area contributed by atoms with E-state index in [-0.39, 0.29) is 5.91 Å². The van der Waals surface area contributed by atoms with Crippen LogP contribution in [0.2, 0.25) is 0 Å². The predicted octanol–water partition coefficient (Wildman–Crippen LogP) is 5.70. The molecule has 2 aromatic heterocycles. The molecule has 164 valence electrons. The van der Waals surface area contributed by atoms with Crippen molar-refractivity contribution in [3.63, 3.8) is 0 Å². The molecule has 6 nitrogen and oxygen atoms in total. The number of rotatable bonds is 4. The number of esters is 1. The molecule has 3 aromatic rings. The molecule has 3 heterocycles. The third kappa shape index (κ3) is 4.12. The molecule has 2 aliphatic rings. The van der Waals surface area contributed by atoms with Gasteiger partial charge in [-0.15, -0.1) is 11.3 Å². The normalized spacial score (nSPS) is 19.8. The quantitative estimate of drug-likeness (QED) is 0.266. The Morgan fingerprint density at radius 1 is 1.31 bits per heavy atom. The number of nitrogens with one attached hydrogen (secondary N) is 2. The number of anilines is 1. The van der Waals surface area contributed by atoms with E-state index in [1.54, 1.807) is 41.7 Å². The van der Waals surface area contributed by atoms with Crippen molar-refractivity contribution in [3.05, 3.63) is 74.5 Å². The Hall–Kier alpha value is -2.84. The maximum atomic E-state index is 13.1. The first-order valence-electron chi connectivity index (χ1n) is 10.4. The summed E-state index contributed by atoms with van der Waals surface area (Å²) in [5.74, 6) is 0.937. The van der Waals surface area contributed by atoms with Gasteiger partial charge in [0.25, 0.3) is 5.91 Å². The largest absolute Gasteiger partial charge is 0.465 e. The van der Waals surface area contributed by atoms with Gasteiger partial charge in [0.05, 0.1) is 11.8 Å². The Kier molecular flexibility index (Phi) is 5.65. The number of carbonyl (C=O) groups excluding carboxylic acids is 2. The van der Waals surface area contributed by atoms with E-state index in [1.807, 2.05) is 6.07 Å². The number of benzene rings is 1. The van der Waals surface area contributed by atoms with Crippen molar-refractivity contribution in [2.24, 2.45) is 5.92 Å². The van der Waals surface area contributed by atoms with Gasteiger partial charge in [-0.25, -0.2) is 4.79 Å². The summed E-state index contributed by atoms with van der Waals surface area (Å²) >= 11 is 5.14. The Morgan fingerprint density at radius 2 is 2.19 bits per heavy atom. The zero-order valence-corrected chi connectivity index (χ0v) is 19.7. The number of amides is 1. The van der Waals surface area contributed by atoms with Crippen LogP contribution in [-0.4, -0.2) is 11.9 Å². The zero-order chi connectivity index (χ0) is 22.2. The molecule has 32 heavy (non-hydrogen) atoms. The molecule has 1 aliphatic heterocycles. The minimum Gasteiger partial charge on any atom is -0.465 e. The van der Waals surface area contributed by atoms with Crippen LogP contribution in [0.4, 0.5) is 5.00 Å². The van der Waals surface area contributed by atoms with Crippen molar-refractivity contribution in [1.29, 1.82) is 0 Å². The van der Waals surface area contributed by atoms with Crippen LogP contribution in [0.25, 0.3) is 6.08 Å². The number of hydrogen-bond donors (Lipinski definition) is 2. The molecule has 1 aliphatic carbocycles. The smallest absolute Gasteiger partial charge is 0.336 e. The van der Waals surface area contributed by atoms with Crippen molar-refractivity contribution in [1.82, 2.24) is 5.32 Å². The van der Waals surface area contributed by atoms with Gasteiger partial charge in [0.2, 0.25) is 0 Å². The molecule has 0 fully saturated rings. The monoisotopic (exact) mass is 512 g/mol. The number of carbonyl (C=O) groups is 2. The SMILES string of the molecule is C[C@@H]1CCc2c(sc3c2C(=O)N[C@H](c2cc(Br)ccc2OC(=O)/C=C/c2ccco2)N3)C1. The Balaban J connectivity index is 1.41. The van der Waals surface area contributed by atoms with Crippen LogP contribution < -0.4 is 15.4 Å². The second-order valence-electron chi connectivity index (χ2n) is 8.06. The molecular formula is C24H21BrN2O4S.